The van der Waals surface area contributed by atoms with Gasteiger partial charge in [0.2, 0.25) is 0 Å². The number of anilines is 2. The lowest BCUT2D eigenvalue weighted by Crippen LogP contribution is -2.52. The molecular formula is C20H21ClN4. The predicted octanol–water partition coefficient (Wildman–Crippen LogP) is 4.17. The van der Waals surface area contributed by atoms with Crippen LogP contribution in [0.15, 0.2) is 42.6 Å². The molecule has 1 aromatic heterocycles. The fourth-order valence-corrected chi connectivity index (χ4v) is 3.88. The van der Waals surface area contributed by atoms with Crippen molar-refractivity contribution < 1.29 is 0 Å². The van der Waals surface area contributed by atoms with Crippen LogP contribution < -0.4 is 11.1 Å². The van der Waals surface area contributed by atoms with Crippen molar-refractivity contribution in [1.29, 1.82) is 0 Å². The van der Waals surface area contributed by atoms with E-state index >= 15 is 0 Å². The zero-order chi connectivity index (χ0) is 17.6. The maximum atomic E-state index is 6.49. The molecule has 25 heavy (non-hydrogen) atoms. The lowest BCUT2D eigenvalue weighted by Gasteiger charge is -2.37. The Kier molecular flexibility index (Phi) is 4.02. The summed E-state index contributed by atoms with van der Waals surface area (Å²) in [7, 11) is 2.13. The van der Waals surface area contributed by atoms with Gasteiger partial charge < -0.3 is 16.0 Å². The highest BCUT2D eigenvalue weighted by Crippen LogP contribution is 2.37. The SMILES string of the molecule is Cc1cccc(Cl)c1-c1cc(NC2CN(C)C2)c2cc(N)ncc2c1. The fourth-order valence-electron chi connectivity index (χ4n) is 3.54. The van der Waals surface area contributed by atoms with Crippen molar-refractivity contribution in [1.82, 2.24) is 9.88 Å². The van der Waals surface area contributed by atoms with Crippen LogP contribution in [-0.2, 0) is 0 Å². The second-order valence-corrected chi connectivity index (χ2v) is 7.26. The standard InChI is InChI=1S/C20H21ClN4/c1-12-4-3-5-17(21)20(12)13-6-14-9-23-19(22)8-16(14)18(7-13)24-15-10-25(2)11-15/h3-9,15,24H,10-11H2,1-2H3,(H2,22,23). The molecule has 0 bridgehead atoms. The zero-order valence-corrected chi connectivity index (χ0v) is 15.1. The normalized spacial score (nSPS) is 15.3. The Morgan fingerprint density at radius 1 is 1.24 bits per heavy atom. The first kappa shape index (κ1) is 16.2. The largest absolute Gasteiger partial charge is 0.384 e. The summed E-state index contributed by atoms with van der Waals surface area (Å²) in [5, 5.41) is 6.57. The maximum absolute atomic E-state index is 6.49. The third-order valence-electron chi connectivity index (χ3n) is 4.79. The Labute approximate surface area is 152 Å². The van der Waals surface area contributed by atoms with E-state index in [1.165, 1.54) is 0 Å². The number of aryl methyl sites for hydroxylation is 1. The number of benzene rings is 2. The van der Waals surface area contributed by atoms with E-state index in [2.05, 4.69) is 47.4 Å². The van der Waals surface area contributed by atoms with Gasteiger partial charge >= 0.3 is 0 Å². The summed E-state index contributed by atoms with van der Waals surface area (Å²) < 4.78 is 0. The number of hydrogen-bond donors (Lipinski definition) is 2. The molecule has 128 valence electrons. The van der Waals surface area contributed by atoms with Gasteiger partial charge in [0.1, 0.15) is 5.82 Å². The molecule has 3 N–H and O–H groups in total. The second-order valence-electron chi connectivity index (χ2n) is 6.85. The fraction of sp³-hybridized carbons (Fsp3) is 0.250. The molecule has 4 rings (SSSR count). The summed E-state index contributed by atoms with van der Waals surface area (Å²) in [6.07, 6.45) is 1.83. The summed E-state index contributed by atoms with van der Waals surface area (Å²) in [5.41, 5.74) is 10.3. The van der Waals surface area contributed by atoms with Crippen molar-refractivity contribution in [2.45, 2.75) is 13.0 Å². The van der Waals surface area contributed by atoms with Crippen molar-refractivity contribution in [2.24, 2.45) is 0 Å². The molecule has 0 aliphatic carbocycles. The van der Waals surface area contributed by atoms with Gasteiger partial charge in [0.05, 0.1) is 6.04 Å². The first-order valence-electron chi connectivity index (χ1n) is 8.41. The molecule has 1 aliphatic heterocycles. The lowest BCUT2D eigenvalue weighted by molar-refractivity contribution is 0.205. The van der Waals surface area contributed by atoms with E-state index in [1.54, 1.807) is 0 Å². The molecule has 3 aromatic rings. The van der Waals surface area contributed by atoms with Crippen LogP contribution in [0.1, 0.15) is 5.56 Å². The van der Waals surface area contributed by atoms with Gasteiger partial charge in [-0.2, -0.15) is 0 Å². The molecule has 0 amide bonds. The minimum absolute atomic E-state index is 0.449. The van der Waals surface area contributed by atoms with Gasteiger partial charge in [0, 0.05) is 46.3 Å². The van der Waals surface area contributed by atoms with Crippen LogP contribution in [0.4, 0.5) is 11.5 Å². The Bertz CT molecular complexity index is 928. The predicted molar refractivity (Wildman–Crippen MR) is 106 cm³/mol. The topological polar surface area (TPSA) is 54.2 Å². The van der Waals surface area contributed by atoms with Crippen molar-refractivity contribution in [2.75, 3.05) is 31.2 Å². The summed E-state index contributed by atoms with van der Waals surface area (Å²) in [4.78, 5) is 6.55. The van der Waals surface area contributed by atoms with Crippen LogP contribution in [0.3, 0.4) is 0 Å². The number of likely N-dealkylation sites (tertiary alicyclic amines) is 1. The number of hydrogen-bond acceptors (Lipinski definition) is 4. The average Bonchev–Trinajstić information content (AvgIpc) is 2.54. The first-order chi connectivity index (χ1) is 12.0. The van der Waals surface area contributed by atoms with Gasteiger partial charge in [0.25, 0.3) is 0 Å². The van der Waals surface area contributed by atoms with E-state index in [0.717, 1.165) is 51.3 Å². The van der Waals surface area contributed by atoms with Crippen molar-refractivity contribution in [3.8, 4) is 11.1 Å². The average molecular weight is 353 g/mol. The minimum Gasteiger partial charge on any atom is -0.384 e. The maximum Gasteiger partial charge on any atom is 0.123 e. The van der Waals surface area contributed by atoms with Gasteiger partial charge in [-0.15, -0.1) is 0 Å². The molecule has 1 saturated heterocycles. The van der Waals surface area contributed by atoms with Crippen LogP contribution in [0.2, 0.25) is 5.02 Å². The number of rotatable bonds is 3. The number of halogens is 1. The Morgan fingerprint density at radius 3 is 2.76 bits per heavy atom. The highest BCUT2D eigenvalue weighted by molar-refractivity contribution is 6.33. The monoisotopic (exact) mass is 352 g/mol. The number of nitrogens with two attached hydrogens (primary N) is 1. The van der Waals surface area contributed by atoms with E-state index in [1.807, 2.05) is 24.4 Å². The Balaban J connectivity index is 1.87. The Hall–Kier alpha value is -2.30. The third kappa shape index (κ3) is 3.03. The molecule has 2 aromatic carbocycles. The number of likely N-dealkylation sites (N-methyl/N-ethyl adjacent to an activating group) is 1. The highest BCUT2D eigenvalue weighted by atomic mass is 35.5. The lowest BCUT2D eigenvalue weighted by atomic mass is 9.96. The second kappa shape index (κ2) is 6.21. The van der Waals surface area contributed by atoms with Crippen LogP contribution in [0, 0.1) is 6.92 Å². The van der Waals surface area contributed by atoms with Gasteiger partial charge in [-0.05, 0) is 49.4 Å². The molecule has 4 nitrogen and oxygen atoms in total. The van der Waals surface area contributed by atoms with Crippen LogP contribution in [0.25, 0.3) is 21.9 Å². The minimum atomic E-state index is 0.449. The van der Waals surface area contributed by atoms with E-state index in [0.29, 0.717) is 11.9 Å². The van der Waals surface area contributed by atoms with Crippen LogP contribution in [0.5, 0.6) is 0 Å². The number of aromatic nitrogens is 1. The smallest absolute Gasteiger partial charge is 0.123 e. The summed E-state index contributed by atoms with van der Waals surface area (Å²) in [6, 6.07) is 12.7. The summed E-state index contributed by atoms with van der Waals surface area (Å²) in [5.74, 6) is 0.531. The number of nitrogens with zero attached hydrogens (tertiary/aromatic N) is 2. The third-order valence-corrected chi connectivity index (χ3v) is 5.11. The van der Waals surface area contributed by atoms with Crippen LogP contribution >= 0.6 is 11.6 Å². The van der Waals surface area contributed by atoms with Crippen molar-refractivity contribution >= 4 is 33.9 Å². The number of fused-ring (bicyclic) bond motifs is 1. The summed E-state index contributed by atoms with van der Waals surface area (Å²) in [6.45, 7) is 4.16. The molecule has 0 saturated carbocycles. The van der Waals surface area contributed by atoms with Gasteiger partial charge in [-0.3, -0.25) is 0 Å². The molecule has 0 atom stereocenters. The molecule has 1 aliphatic rings. The van der Waals surface area contributed by atoms with Crippen molar-refractivity contribution in [3.63, 3.8) is 0 Å². The van der Waals surface area contributed by atoms with E-state index in [4.69, 9.17) is 17.3 Å². The van der Waals surface area contributed by atoms with Gasteiger partial charge in [-0.25, -0.2) is 4.98 Å². The Morgan fingerprint density at radius 2 is 2.04 bits per heavy atom. The molecule has 0 radical (unpaired) electrons. The zero-order valence-electron chi connectivity index (χ0n) is 14.4. The van der Waals surface area contributed by atoms with Crippen LogP contribution in [-0.4, -0.2) is 36.1 Å². The van der Waals surface area contributed by atoms with Gasteiger partial charge in [0.15, 0.2) is 0 Å². The number of nitrogens with one attached hydrogen (secondary N) is 1. The molecule has 1 fully saturated rings. The number of pyridine rings is 1. The molecule has 0 spiro atoms. The van der Waals surface area contributed by atoms with E-state index < -0.39 is 0 Å². The summed E-state index contributed by atoms with van der Waals surface area (Å²) >= 11 is 6.49. The van der Waals surface area contributed by atoms with Gasteiger partial charge in [-0.1, -0.05) is 23.7 Å². The first-order valence-corrected chi connectivity index (χ1v) is 8.79. The van der Waals surface area contributed by atoms with E-state index in [-0.39, 0.29) is 0 Å². The number of nitrogen functional groups attached to an aromatic ring is 1. The van der Waals surface area contributed by atoms with Crippen molar-refractivity contribution in [3.05, 3.63) is 53.2 Å². The quantitative estimate of drug-likeness (QED) is 0.742. The molecule has 2 heterocycles. The molecular weight excluding hydrogens is 332 g/mol. The molecule has 0 unspecified atom stereocenters. The molecule has 5 heteroatoms. The highest BCUT2D eigenvalue weighted by Gasteiger charge is 2.23. The van der Waals surface area contributed by atoms with E-state index in [9.17, 15) is 0 Å².